The topological polar surface area (TPSA) is 20.2 Å². The minimum atomic E-state index is -0.675. The molecule has 0 heterocycles. The molecule has 21 heavy (non-hydrogen) atoms. The van der Waals surface area contributed by atoms with Gasteiger partial charge in [0.1, 0.15) is 0 Å². The van der Waals surface area contributed by atoms with Gasteiger partial charge < -0.3 is 5.11 Å². The third-order valence-electron chi connectivity index (χ3n) is 6.92. The van der Waals surface area contributed by atoms with Gasteiger partial charge >= 0.3 is 0 Å². The highest BCUT2D eigenvalue weighted by Gasteiger charge is 2.66. The summed E-state index contributed by atoms with van der Waals surface area (Å²) in [5.41, 5.74) is 1.49. The Morgan fingerprint density at radius 1 is 1.43 bits per heavy atom. The van der Waals surface area contributed by atoms with E-state index >= 15 is 0 Å². The first-order valence-electron chi connectivity index (χ1n) is 8.82. The lowest BCUT2D eigenvalue weighted by Crippen LogP contribution is -2.52. The van der Waals surface area contributed by atoms with Crippen molar-refractivity contribution < 1.29 is 5.11 Å². The van der Waals surface area contributed by atoms with Crippen molar-refractivity contribution >= 4 is 0 Å². The number of allylic oxidation sites excluding steroid dienone is 2. The van der Waals surface area contributed by atoms with Gasteiger partial charge in [0.15, 0.2) is 0 Å². The maximum atomic E-state index is 9.80. The maximum Gasteiger partial charge on any atom is 0.0771 e. The first-order valence-corrected chi connectivity index (χ1v) is 8.82. The molecule has 118 valence electrons. The van der Waals surface area contributed by atoms with Crippen molar-refractivity contribution in [3.05, 3.63) is 24.3 Å². The zero-order chi connectivity index (χ0) is 15.4. The van der Waals surface area contributed by atoms with Gasteiger partial charge in [-0.1, -0.05) is 38.2 Å². The summed E-state index contributed by atoms with van der Waals surface area (Å²) in [5.74, 6) is 4.26. The summed E-state index contributed by atoms with van der Waals surface area (Å²) in [6.07, 6.45) is 10.8. The van der Waals surface area contributed by atoms with Gasteiger partial charge in [-0.2, -0.15) is 0 Å². The van der Waals surface area contributed by atoms with Gasteiger partial charge in [0.25, 0.3) is 0 Å². The Morgan fingerprint density at radius 2 is 2.14 bits per heavy atom. The van der Waals surface area contributed by atoms with Crippen molar-refractivity contribution in [1.82, 2.24) is 0 Å². The Bertz CT molecular complexity index is 455. The highest BCUT2D eigenvalue weighted by atomic mass is 16.3. The van der Waals surface area contributed by atoms with Gasteiger partial charge in [-0.15, -0.1) is 0 Å². The Kier molecular flexibility index (Phi) is 3.64. The maximum absolute atomic E-state index is 9.80. The van der Waals surface area contributed by atoms with Crippen molar-refractivity contribution in [3.8, 4) is 0 Å². The first-order chi connectivity index (χ1) is 9.74. The van der Waals surface area contributed by atoms with E-state index in [1.807, 2.05) is 19.9 Å². The zero-order valence-corrected chi connectivity index (χ0v) is 14.2. The largest absolute Gasteiger partial charge is 0.386 e. The fourth-order valence-electron chi connectivity index (χ4n) is 5.90. The molecule has 3 aliphatic rings. The van der Waals surface area contributed by atoms with Crippen LogP contribution in [0.5, 0.6) is 0 Å². The lowest BCUT2D eigenvalue weighted by atomic mass is 9.47. The quantitative estimate of drug-likeness (QED) is 0.724. The van der Waals surface area contributed by atoms with Crippen LogP contribution in [0.1, 0.15) is 59.8 Å². The average Bonchev–Trinajstić information content (AvgIpc) is 2.83. The van der Waals surface area contributed by atoms with Gasteiger partial charge in [-0.25, -0.2) is 0 Å². The molecule has 1 heteroatoms. The van der Waals surface area contributed by atoms with Gasteiger partial charge in [0.05, 0.1) is 5.60 Å². The van der Waals surface area contributed by atoms with Crippen molar-refractivity contribution in [1.29, 1.82) is 0 Å². The summed E-state index contributed by atoms with van der Waals surface area (Å²) in [6, 6.07) is 0. The van der Waals surface area contributed by atoms with E-state index in [9.17, 15) is 5.11 Å². The number of hydrogen-bond donors (Lipinski definition) is 1. The number of aliphatic hydroxyl groups is 1. The fraction of sp³-hybridized carbons (Fsp3) is 0.800. The van der Waals surface area contributed by atoms with E-state index in [2.05, 4.69) is 26.5 Å². The molecule has 0 aromatic rings. The van der Waals surface area contributed by atoms with Crippen molar-refractivity contribution in [2.24, 2.45) is 35.0 Å². The van der Waals surface area contributed by atoms with Gasteiger partial charge in [0.2, 0.25) is 0 Å². The summed E-state index contributed by atoms with van der Waals surface area (Å²) in [5, 5.41) is 9.80. The third kappa shape index (κ3) is 2.42. The van der Waals surface area contributed by atoms with Crippen molar-refractivity contribution in [2.45, 2.75) is 65.4 Å². The second-order valence-corrected chi connectivity index (χ2v) is 8.83. The summed E-state index contributed by atoms with van der Waals surface area (Å²) in [7, 11) is 0. The van der Waals surface area contributed by atoms with E-state index in [0.717, 1.165) is 36.0 Å². The predicted molar refractivity (Wildman–Crippen MR) is 88.9 cm³/mol. The minimum Gasteiger partial charge on any atom is -0.386 e. The first kappa shape index (κ1) is 15.3. The Balaban J connectivity index is 1.67. The van der Waals surface area contributed by atoms with E-state index in [-0.39, 0.29) is 0 Å². The van der Waals surface area contributed by atoms with E-state index in [1.54, 1.807) is 5.57 Å². The predicted octanol–water partition coefficient (Wildman–Crippen LogP) is 4.97. The van der Waals surface area contributed by atoms with E-state index in [0.29, 0.717) is 5.41 Å². The molecule has 0 aliphatic heterocycles. The van der Waals surface area contributed by atoms with Crippen LogP contribution >= 0.6 is 0 Å². The van der Waals surface area contributed by atoms with Crippen LogP contribution in [0.3, 0.4) is 0 Å². The van der Waals surface area contributed by atoms with Crippen LogP contribution in [0.25, 0.3) is 0 Å². The molecular weight excluding hydrogens is 256 g/mol. The van der Waals surface area contributed by atoms with Crippen molar-refractivity contribution in [3.63, 3.8) is 0 Å². The molecule has 0 bridgehead atoms. The van der Waals surface area contributed by atoms with Crippen LogP contribution in [-0.4, -0.2) is 10.7 Å². The van der Waals surface area contributed by atoms with Crippen LogP contribution in [0.2, 0.25) is 0 Å². The number of fused-ring (bicyclic) bond motifs is 4. The van der Waals surface area contributed by atoms with E-state index in [1.165, 1.54) is 25.7 Å². The summed E-state index contributed by atoms with van der Waals surface area (Å²) in [4.78, 5) is 0. The molecule has 3 aliphatic carbocycles. The highest BCUT2D eigenvalue weighted by Crippen LogP contribution is 2.73. The van der Waals surface area contributed by atoms with Crippen LogP contribution in [0, 0.1) is 35.0 Å². The molecule has 0 unspecified atom stereocenters. The smallest absolute Gasteiger partial charge is 0.0771 e. The van der Waals surface area contributed by atoms with E-state index < -0.39 is 5.60 Å². The molecule has 3 rings (SSSR count). The number of rotatable bonds is 4. The Morgan fingerprint density at radius 3 is 2.81 bits per heavy atom. The molecule has 3 fully saturated rings. The molecule has 0 saturated heterocycles. The summed E-state index contributed by atoms with van der Waals surface area (Å²) in [6.45, 7) is 13.0. The Labute approximate surface area is 130 Å². The number of hydrogen-bond acceptors (Lipinski definition) is 1. The third-order valence-corrected chi connectivity index (χ3v) is 6.92. The molecule has 1 nitrogen and oxygen atoms in total. The molecule has 0 aromatic heterocycles. The summed E-state index contributed by atoms with van der Waals surface area (Å²) >= 11 is 0. The second kappa shape index (κ2) is 4.98. The molecule has 1 N–H and O–H groups in total. The zero-order valence-electron chi connectivity index (χ0n) is 14.2. The molecule has 0 radical (unpaired) electrons. The van der Waals surface area contributed by atoms with Gasteiger partial charge in [0, 0.05) is 0 Å². The van der Waals surface area contributed by atoms with E-state index in [4.69, 9.17) is 0 Å². The fourth-order valence-corrected chi connectivity index (χ4v) is 5.90. The van der Waals surface area contributed by atoms with Crippen LogP contribution < -0.4 is 0 Å². The van der Waals surface area contributed by atoms with Crippen LogP contribution in [-0.2, 0) is 0 Å². The van der Waals surface area contributed by atoms with Crippen LogP contribution in [0.4, 0.5) is 0 Å². The average molecular weight is 288 g/mol. The molecule has 0 amide bonds. The molecule has 6 atom stereocenters. The highest BCUT2D eigenvalue weighted by molar-refractivity contribution is 5.26. The lowest BCUT2D eigenvalue weighted by Gasteiger charge is -2.57. The minimum absolute atomic E-state index is 0.614. The second-order valence-electron chi connectivity index (χ2n) is 8.83. The normalized spacial score (nSPS) is 43.8. The van der Waals surface area contributed by atoms with Crippen molar-refractivity contribution in [2.75, 3.05) is 0 Å². The molecule has 0 spiro atoms. The SMILES string of the molecule is C=C1CC[C@H]2[C@@H]1[C@@H]1[C@H]([C@@H](C)C/C=C/C(C)(C)O)CC[C@@]12C. The monoisotopic (exact) mass is 288 g/mol. The van der Waals surface area contributed by atoms with Gasteiger partial charge in [-0.3, -0.25) is 0 Å². The Hall–Kier alpha value is -0.560. The summed E-state index contributed by atoms with van der Waals surface area (Å²) < 4.78 is 0. The van der Waals surface area contributed by atoms with Gasteiger partial charge in [-0.05, 0) is 81.0 Å². The molecule has 3 saturated carbocycles. The molecule has 0 aromatic carbocycles. The molecular formula is C20H32O. The standard InChI is InChI=1S/C20H32O/c1-13(7-6-11-19(3,4)21)15-10-12-20(5)16-9-8-14(2)17(16)18(15)20/h6,11,13,15-18,21H,2,7-10,12H2,1,3-5H3/b11-6+/t13-,15-,16-,17+,18-,20+/m0/s1. The lowest BCUT2D eigenvalue weighted by molar-refractivity contribution is -0.0781. The van der Waals surface area contributed by atoms with Crippen LogP contribution in [0.15, 0.2) is 24.3 Å².